The predicted molar refractivity (Wildman–Crippen MR) is 63.6 cm³/mol. The Labute approximate surface area is 99.8 Å². The van der Waals surface area contributed by atoms with Crippen LogP contribution >= 0.6 is 0 Å². The molecule has 0 aliphatic rings. The summed E-state index contributed by atoms with van der Waals surface area (Å²) in [5.41, 5.74) is 2.05. The highest BCUT2D eigenvalue weighted by molar-refractivity contribution is 5.92. The second kappa shape index (κ2) is 5.84. The molecule has 1 rings (SSSR count). The Hall–Kier alpha value is -2.10. The van der Waals surface area contributed by atoms with Crippen LogP contribution in [0.25, 0.3) is 6.08 Å². The van der Waals surface area contributed by atoms with E-state index in [2.05, 4.69) is 9.47 Å². The third-order valence-corrected chi connectivity index (χ3v) is 2.28. The van der Waals surface area contributed by atoms with E-state index in [4.69, 9.17) is 0 Å². The van der Waals surface area contributed by atoms with Crippen LogP contribution in [-0.4, -0.2) is 26.2 Å². The van der Waals surface area contributed by atoms with E-state index in [-0.39, 0.29) is 0 Å². The number of hydrogen-bond acceptors (Lipinski definition) is 4. The van der Waals surface area contributed by atoms with Gasteiger partial charge in [0.25, 0.3) is 0 Å². The predicted octanol–water partition coefficient (Wildman–Crippen LogP) is 1.97. The van der Waals surface area contributed by atoms with Crippen LogP contribution in [0.1, 0.15) is 21.5 Å². The smallest absolute Gasteiger partial charge is 0.338 e. The quantitative estimate of drug-likeness (QED) is 0.592. The minimum absolute atomic E-state index is 0.393. The molecule has 17 heavy (non-hydrogen) atoms. The van der Waals surface area contributed by atoms with Crippen LogP contribution in [0.4, 0.5) is 0 Å². The molecule has 0 aliphatic heterocycles. The van der Waals surface area contributed by atoms with Crippen LogP contribution in [0.5, 0.6) is 0 Å². The summed E-state index contributed by atoms with van der Waals surface area (Å²) in [6, 6.07) is 5.27. The highest BCUT2D eigenvalue weighted by Gasteiger charge is 2.08. The molecule has 0 unspecified atom stereocenters. The summed E-state index contributed by atoms with van der Waals surface area (Å²) in [4.78, 5) is 22.4. The maximum atomic E-state index is 11.4. The van der Waals surface area contributed by atoms with Crippen LogP contribution in [0.3, 0.4) is 0 Å². The Balaban J connectivity index is 3.00. The van der Waals surface area contributed by atoms with Gasteiger partial charge in [0.15, 0.2) is 0 Å². The fourth-order valence-electron chi connectivity index (χ4n) is 1.31. The first-order chi connectivity index (χ1) is 8.08. The zero-order chi connectivity index (χ0) is 12.8. The zero-order valence-corrected chi connectivity index (χ0v) is 10.0. The molecule has 0 N–H and O–H groups in total. The third kappa shape index (κ3) is 3.45. The van der Waals surface area contributed by atoms with Crippen molar-refractivity contribution in [2.45, 2.75) is 6.92 Å². The average molecular weight is 234 g/mol. The van der Waals surface area contributed by atoms with E-state index in [9.17, 15) is 9.59 Å². The van der Waals surface area contributed by atoms with Gasteiger partial charge in [-0.3, -0.25) is 0 Å². The lowest BCUT2D eigenvalue weighted by Crippen LogP contribution is -2.03. The van der Waals surface area contributed by atoms with Gasteiger partial charge in [-0.05, 0) is 30.2 Å². The van der Waals surface area contributed by atoms with E-state index >= 15 is 0 Å². The first kappa shape index (κ1) is 13.0. The van der Waals surface area contributed by atoms with Gasteiger partial charge in [-0.2, -0.15) is 0 Å². The largest absolute Gasteiger partial charge is 0.466 e. The van der Waals surface area contributed by atoms with E-state index in [1.54, 1.807) is 24.3 Å². The Bertz CT molecular complexity index is 460. The van der Waals surface area contributed by atoms with Crippen LogP contribution in [-0.2, 0) is 14.3 Å². The molecule has 4 heteroatoms. The first-order valence-corrected chi connectivity index (χ1v) is 5.03. The van der Waals surface area contributed by atoms with Crippen molar-refractivity contribution in [3.05, 3.63) is 41.0 Å². The fraction of sp³-hybridized carbons (Fsp3) is 0.231. The van der Waals surface area contributed by atoms with Crippen molar-refractivity contribution in [1.29, 1.82) is 0 Å². The van der Waals surface area contributed by atoms with Crippen LogP contribution < -0.4 is 0 Å². The molecule has 0 spiro atoms. The van der Waals surface area contributed by atoms with E-state index in [1.165, 1.54) is 20.3 Å². The molecular formula is C13H14O4. The molecular weight excluding hydrogens is 220 g/mol. The molecule has 4 nitrogen and oxygen atoms in total. The van der Waals surface area contributed by atoms with Gasteiger partial charge in [0.1, 0.15) is 0 Å². The summed E-state index contributed by atoms with van der Waals surface area (Å²) in [6.07, 6.45) is 2.88. The maximum absolute atomic E-state index is 11.4. The second-order valence-corrected chi connectivity index (χ2v) is 3.42. The number of methoxy groups -OCH3 is 2. The lowest BCUT2D eigenvalue weighted by atomic mass is 10.0. The van der Waals surface area contributed by atoms with E-state index in [0.717, 1.165) is 11.1 Å². The molecule has 0 atom stereocenters. The van der Waals surface area contributed by atoms with Gasteiger partial charge in [-0.25, -0.2) is 9.59 Å². The molecule has 1 aromatic rings. The number of aryl methyl sites for hydroxylation is 1. The highest BCUT2D eigenvalue weighted by Crippen LogP contribution is 2.13. The summed E-state index contributed by atoms with van der Waals surface area (Å²) in [5.74, 6) is -0.832. The van der Waals surface area contributed by atoms with Crippen molar-refractivity contribution in [3.63, 3.8) is 0 Å². The van der Waals surface area contributed by atoms with Crippen molar-refractivity contribution >= 4 is 18.0 Å². The normalized spacial score (nSPS) is 10.3. The zero-order valence-electron chi connectivity index (χ0n) is 10.0. The Morgan fingerprint density at radius 1 is 1.18 bits per heavy atom. The number of ether oxygens (including phenoxy) is 2. The van der Waals surface area contributed by atoms with Gasteiger partial charge in [0, 0.05) is 6.08 Å². The molecule has 0 aliphatic carbocycles. The van der Waals surface area contributed by atoms with Gasteiger partial charge < -0.3 is 9.47 Å². The van der Waals surface area contributed by atoms with Crippen LogP contribution in [0.2, 0.25) is 0 Å². The summed E-state index contributed by atoms with van der Waals surface area (Å²) in [5, 5.41) is 0. The second-order valence-electron chi connectivity index (χ2n) is 3.42. The van der Waals surface area contributed by atoms with E-state index in [0.29, 0.717) is 5.56 Å². The maximum Gasteiger partial charge on any atom is 0.338 e. The SMILES string of the molecule is COC(=O)C=Cc1ccc(C)c(C(=O)OC)c1. The van der Waals surface area contributed by atoms with Crippen molar-refractivity contribution in [3.8, 4) is 0 Å². The van der Waals surface area contributed by atoms with Crippen molar-refractivity contribution in [2.24, 2.45) is 0 Å². The Kier molecular flexibility index (Phi) is 4.46. The fourth-order valence-corrected chi connectivity index (χ4v) is 1.31. The number of carbonyl (C=O) groups is 2. The lowest BCUT2D eigenvalue weighted by molar-refractivity contribution is -0.134. The highest BCUT2D eigenvalue weighted by atomic mass is 16.5. The third-order valence-electron chi connectivity index (χ3n) is 2.28. The summed E-state index contributed by atoms with van der Waals surface area (Å²) < 4.78 is 9.14. The standard InChI is InChI=1S/C13H14O4/c1-9-4-5-10(6-7-12(14)16-2)8-11(9)13(15)17-3/h4-8H,1-3H3. The molecule has 0 bridgehead atoms. The molecule has 90 valence electrons. The molecule has 0 heterocycles. The molecule has 0 aromatic heterocycles. The minimum atomic E-state index is -0.440. The molecule has 0 radical (unpaired) electrons. The monoisotopic (exact) mass is 234 g/mol. The van der Waals surface area contributed by atoms with Crippen LogP contribution in [0, 0.1) is 6.92 Å². The number of hydrogen-bond donors (Lipinski definition) is 0. The van der Waals surface area contributed by atoms with Gasteiger partial charge in [0.2, 0.25) is 0 Å². The van der Waals surface area contributed by atoms with Crippen molar-refractivity contribution in [1.82, 2.24) is 0 Å². The van der Waals surface area contributed by atoms with E-state index < -0.39 is 11.9 Å². The number of esters is 2. The molecule has 0 fully saturated rings. The van der Waals surface area contributed by atoms with Gasteiger partial charge in [-0.1, -0.05) is 12.1 Å². The van der Waals surface area contributed by atoms with Crippen molar-refractivity contribution < 1.29 is 19.1 Å². The summed E-state index contributed by atoms with van der Waals surface area (Å²) in [6.45, 7) is 1.82. The topological polar surface area (TPSA) is 52.6 Å². The molecule has 1 aromatic carbocycles. The van der Waals surface area contributed by atoms with Gasteiger partial charge in [-0.15, -0.1) is 0 Å². The van der Waals surface area contributed by atoms with Gasteiger partial charge >= 0.3 is 11.9 Å². The first-order valence-electron chi connectivity index (χ1n) is 5.03. The van der Waals surface area contributed by atoms with Crippen LogP contribution in [0.15, 0.2) is 24.3 Å². The molecule has 0 saturated carbocycles. The minimum Gasteiger partial charge on any atom is -0.466 e. The Morgan fingerprint density at radius 3 is 2.47 bits per heavy atom. The average Bonchev–Trinajstić information content (AvgIpc) is 2.36. The summed E-state index contributed by atoms with van der Waals surface area (Å²) in [7, 11) is 2.64. The number of carbonyl (C=O) groups excluding carboxylic acids is 2. The van der Waals surface area contributed by atoms with E-state index in [1.807, 2.05) is 6.92 Å². The Morgan fingerprint density at radius 2 is 1.88 bits per heavy atom. The van der Waals surface area contributed by atoms with Crippen molar-refractivity contribution in [2.75, 3.05) is 14.2 Å². The number of rotatable bonds is 3. The molecule has 0 saturated heterocycles. The number of benzene rings is 1. The van der Waals surface area contributed by atoms with Gasteiger partial charge in [0.05, 0.1) is 19.8 Å². The summed E-state index contributed by atoms with van der Waals surface area (Å²) >= 11 is 0. The lowest BCUT2D eigenvalue weighted by Gasteiger charge is -2.04. The molecule has 0 amide bonds.